The van der Waals surface area contributed by atoms with Gasteiger partial charge in [0.15, 0.2) is 0 Å². The van der Waals surface area contributed by atoms with Gasteiger partial charge in [0.2, 0.25) is 0 Å². The van der Waals surface area contributed by atoms with E-state index in [4.69, 9.17) is 0 Å². The first-order valence-corrected chi connectivity index (χ1v) is 6.19. The van der Waals surface area contributed by atoms with Crippen molar-refractivity contribution in [3.8, 4) is 0 Å². The Morgan fingerprint density at radius 1 is 1.27 bits per heavy atom. The number of nitrogens with zero attached hydrogens (tertiary/aromatic N) is 2. The first-order chi connectivity index (χ1) is 6.76. The molecule has 2 aliphatic rings. The molecule has 3 atom stereocenters. The molecule has 0 amide bonds. The highest BCUT2D eigenvalue weighted by Gasteiger charge is 2.64. The lowest BCUT2D eigenvalue weighted by atomic mass is 9.99. The topological polar surface area (TPSA) is 6.48 Å². The molecule has 2 rings (SSSR count). The Kier molecular flexibility index (Phi) is 2.44. The standard InChI is InChI=1S/C13H26N2/c1-10-7-13(9-14(5)6)8-11(13)15(10)12(2,3)4/h10-11H,7-9H2,1-6H3/t10-,11+,13-/m1/s1. The molecule has 1 heterocycles. The van der Waals surface area contributed by atoms with E-state index in [-0.39, 0.29) is 0 Å². The lowest BCUT2D eigenvalue weighted by Gasteiger charge is -2.37. The molecular weight excluding hydrogens is 184 g/mol. The maximum Gasteiger partial charge on any atom is 0.0179 e. The van der Waals surface area contributed by atoms with Crippen LogP contribution in [0.2, 0.25) is 0 Å². The maximum atomic E-state index is 2.75. The summed E-state index contributed by atoms with van der Waals surface area (Å²) < 4.78 is 0. The van der Waals surface area contributed by atoms with Crippen LogP contribution in [0.5, 0.6) is 0 Å². The van der Waals surface area contributed by atoms with Crippen molar-refractivity contribution in [3.63, 3.8) is 0 Å². The summed E-state index contributed by atoms with van der Waals surface area (Å²) in [6.45, 7) is 10.7. The summed E-state index contributed by atoms with van der Waals surface area (Å²) in [7, 11) is 4.41. The molecular formula is C13H26N2. The SMILES string of the molecule is C[C@@H]1C[C@]2(CN(C)C)C[C@@H]2N1C(C)(C)C. The van der Waals surface area contributed by atoms with E-state index in [1.54, 1.807) is 0 Å². The van der Waals surface area contributed by atoms with Gasteiger partial charge in [0.05, 0.1) is 0 Å². The van der Waals surface area contributed by atoms with Gasteiger partial charge in [-0.2, -0.15) is 0 Å². The lowest BCUT2D eigenvalue weighted by Crippen LogP contribution is -2.45. The molecule has 0 aromatic rings. The second-order valence-electron chi connectivity index (χ2n) is 6.95. The van der Waals surface area contributed by atoms with Gasteiger partial charge in [-0.25, -0.2) is 0 Å². The van der Waals surface area contributed by atoms with Crippen molar-refractivity contribution in [2.75, 3.05) is 20.6 Å². The number of fused-ring (bicyclic) bond motifs is 1. The first kappa shape index (κ1) is 11.4. The van der Waals surface area contributed by atoms with E-state index in [0.29, 0.717) is 11.0 Å². The van der Waals surface area contributed by atoms with Gasteiger partial charge in [0.25, 0.3) is 0 Å². The zero-order valence-electron chi connectivity index (χ0n) is 11.2. The van der Waals surface area contributed by atoms with Crippen LogP contribution < -0.4 is 0 Å². The quantitative estimate of drug-likeness (QED) is 0.689. The minimum absolute atomic E-state index is 0.342. The number of likely N-dealkylation sites (tertiary alicyclic amines) is 1. The number of hydrogen-bond donors (Lipinski definition) is 0. The van der Waals surface area contributed by atoms with Gasteiger partial charge in [0, 0.05) is 29.6 Å². The van der Waals surface area contributed by atoms with Gasteiger partial charge in [0.1, 0.15) is 0 Å². The highest BCUT2D eigenvalue weighted by atomic mass is 15.3. The Bertz CT molecular complexity index is 254. The van der Waals surface area contributed by atoms with Crippen LogP contribution in [-0.4, -0.2) is 48.1 Å². The fourth-order valence-electron chi connectivity index (χ4n) is 3.93. The third-order valence-electron chi connectivity index (χ3n) is 4.06. The molecule has 88 valence electrons. The van der Waals surface area contributed by atoms with Crippen LogP contribution in [0.1, 0.15) is 40.5 Å². The third-order valence-corrected chi connectivity index (χ3v) is 4.06. The molecule has 0 aromatic heterocycles. The molecule has 15 heavy (non-hydrogen) atoms. The number of hydrogen-bond acceptors (Lipinski definition) is 2. The van der Waals surface area contributed by atoms with Crippen LogP contribution in [0.3, 0.4) is 0 Å². The average molecular weight is 210 g/mol. The van der Waals surface area contributed by atoms with Crippen LogP contribution in [-0.2, 0) is 0 Å². The second-order valence-corrected chi connectivity index (χ2v) is 6.95. The first-order valence-electron chi connectivity index (χ1n) is 6.19. The minimum atomic E-state index is 0.342. The maximum absolute atomic E-state index is 2.75. The Hall–Kier alpha value is -0.0800. The van der Waals surface area contributed by atoms with Gasteiger partial charge in [-0.15, -0.1) is 0 Å². The van der Waals surface area contributed by atoms with Crippen LogP contribution in [0.15, 0.2) is 0 Å². The molecule has 0 unspecified atom stereocenters. The van der Waals surface area contributed by atoms with Gasteiger partial charge in [-0.1, -0.05) is 0 Å². The zero-order chi connectivity index (χ0) is 11.4. The lowest BCUT2D eigenvalue weighted by molar-refractivity contribution is 0.104. The Balaban J connectivity index is 2.09. The molecule has 1 saturated carbocycles. The molecule has 0 bridgehead atoms. The van der Waals surface area contributed by atoms with Crippen molar-refractivity contribution in [3.05, 3.63) is 0 Å². The molecule has 2 heteroatoms. The van der Waals surface area contributed by atoms with Crippen molar-refractivity contribution >= 4 is 0 Å². The van der Waals surface area contributed by atoms with E-state index in [1.165, 1.54) is 19.4 Å². The molecule has 2 fully saturated rings. The second kappa shape index (κ2) is 3.21. The van der Waals surface area contributed by atoms with Crippen molar-refractivity contribution in [2.45, 2.75) is 58.2 Å². The molecule has 0 aromatic carbocycles. The fourth-order valence-corrected chi connectivity index (χ4v) is 3.93. The van der Waals surface area contributed by atoms with Gasteiger partial charge < -0.3 is 4.90 Å². The van der Waals surface area contributed by atoms with Gasteiger partial charge in [-0.05, 0) is 54.6 Å². The predicted octanol–water partition coefficient (Wildman–Crippen LogP) is 2.20. The average Bonchev–Trinajstić information content (AvgIpc) is 2.50. The van der Waals surface area contributed by atoms with E-state index in [0.717, 1.165) is 12.1 Å². The summed E-state index contributed by atoms with van der Waals surface area (Å²) in [4.78, 5) is 5.11. The third kappa shape index (κ3) is 1.83. The fraction of sp³-hybridized carbons (Fsp3) is 1.00. The summed E-state index contributed by atoms with van der Waals surface area (Å²) in [5.74, 6) is 0. The van der Waals surface area contributed by atoms with E-state index >= 15 is 0 Å². The van der Waals surface area contributed by atoms with Crippen LogP contribution in [0.25, 0.3) is 0 Å². The summed E-state index contributed by atoms with van der Waals surface area (Å²) in [5, 5.41) is 0. The van der Waals surface area contributed by atoms with E-state index in [9.17, 15) is 0 Å². The summed E-state index contributed by atoms with van der Waals surface area (Å²) >= 11 is 0. The van der Waals surface area contributed by atoms with E-state index in [2.05, 4.69) is 51.6 Å². The zero-order valence-corrected chi connectivity index (χ0v) is 11.2. The Morgan fingerprint density at radius 2 is 1.87 bits per heavy atom. The van der Waals surface area contributed by atoms with Crippen molar-refractivity contribution in [1.82, 2.24) is 9.80 Å². The molecule has 1 aliphatic heterocycles. The van der Waals surface area contributed by atoms with Gasteiger partial charge >= 0.3 is 0 Å². The number of rotatable bonds is 2. The normalized spacial score (nSPS) is 41.0. The van der Waals surface area contributed by atoms with Crippen LogP contribution in [0, 0.1) is 5.41 Å². The highest BCUT2D eigenvalue weighted by molar-refractivity contribution is 5.19. The molecule has 1 aliphatic carbocycles. The Labute approximate surface area is 94.6 Å². The van der Waals surface area contributed by atoms with Crippen molar-refractivity contribution in [2.24, 2.45) is 5.41 Å². The Morgan fingerprint density at radius 3 is 2.27 bits per heavy atom. The van der Waals surface area contributed by atoms with Crippen LogP contribution in [0.4, 0.5) is 0 Å². The van der Waals surface area contributed by atoms with E-state index < -0.39 is 0 Å². The molecule has 2 nitrogen and oxygen atoms in total. The molecule has 0 spiro atoms. The van der Waals surface area contributed by atoms with Crippen LogP contribution >= 0.6 is 0 Å². The highest BCUT2D eigenvalue weighted by Crippen LogP contribution is 2.61. The van der Waals surface area contributed by atoms with Crippen molar-refractivity contribution < 1.29 is 0 Å². The monoisotopic (exact) mass is 210 g/mol. The molecule has 0 radical (unpaired) electrons. The summed E-state index contributed by atoms with van der Waals surface area (Å²) in [5.41, 5.74) is 0.977. The smallest absolute Gasteiger partial charge is 0.0179 e. The minimum Gasteiger partial charge on any atom is -0.309 e. The number of piperidine rings is 1. The summed E-state index contributed by atoms with van der Waals surface area (Å²) in [6, 6.07) is 1.62. The van der Waals surface area contributed by atoms with E-state index in [1.807, 2.05) is 0 Å². The molecule has 0 N–H and O–H groups in total. The van der Waals surface area contributed by atoms with Crippen molar-refractivity contribution in [1.29, 1.82) is 0 Å². The molecule has 1 saturated heterocycles. The summed E-state index contributed by atoms with van der Waals surface area (Å²) in [6.07, 6.45) is 2.82. The largest absolute Gasteiger partial charge is 0.309 e. The predicted molar refractivity (Wildman–Crippen MR) is 65.1 cm³/mol. The van der Waals surface area contributed by atoms with Gasteiger partial charge in [-0.3, -0.25) is 4.90 Å².